The number of aromatic nitrogens is 1. The van der Waals surface area contributed by atoms with E-state index >= 15 is 0 Å². The largest absolute Gasteiger partial charge is 0.381 e. The Morgan fingerprint density at radius 1 is 1.16 bits per heavy atom. The maximum absolute atomic E-state index is 12.7. The second-order valence-corrected chi connectivity index (χ2v) is 10.8. The van der Waals surface area contributed by atoms with Crippen molar-refractivity contribution in [1.82, 2.24) is 15.6 Å². The number of pyridine rings is 1. The number of carbonyl (C=O) groups excluding carboxylic acids is 2. The molecule has 37 heavy (non-hydrogen) atoms. The quantitative estimate of drug-likeness (QED) is 0.281. The Bertz CT molecular complexity index is 1550. The third-order valence-corrected chi connectivity index (χ3v) is 8.42. The maximum Gasteiger partial charge on any atom is 0.263 e. The summed E-state index contributed by atoms with van der Waals surface area (Å²) in [5.41, 5.74) is 5.50. The van der Waals surface area contributed by atoms with Gasteiger partial charge in [0.15, 0.2) is 0 Å². The van der Waals surface area contributed by atoms with Crippen LogP contribution in [0.4, 0.5) is 11.4 Å². The summed E-state index contributed by atoms with van der Waals surface area (Å²) in [6, 6.07) is 14.5. The zero-order valence-electron chi connectivity index (χ0n) is 20.7. The minimum Gasteiger partial charge on any atom is -0.381 e. The van der Waals surface area contributed by atoms with Crippen LogP contribution in [-0.2, 0) is 4.79 Å². The number of amides is 2. The van der Waals surface area contributed by atoms with Gasteiger partial charge in [-0.1, -0.05) is 18.7 Å². The molecule has 2 aromatic carbocycles. The van der Waals surface area contributed by atoms with Gasteiger partial charge < -0.3 is 21.3 Å². The highest BCUT2D eigenvalue weighted by Crippen LogP contribution is 2.41. The second kappa shape index (κ2) is 9.61. The first kappa shape index (κ1) is 23.6. The molecule has 7 nitrogen and oxygen atoms in total. The monoisotopic (exact) mass is 511 g/mol. The van der Waals surface area contributed by atoms with E-state index in [1.165, 1.54) is 17.4 Å². The number of hydrogen-bond acceptors (Lipinski definition) is 6. The van der Waals surface area contributed by atoms with Crippen LogP contribution >= 0.6 is 11.3 Å². The molecule has 4 N–H and O–H groups in total. The Balaban J connectivity index is 1.43. The van der Waals surface area contributed by atoms with E-state index < -0.39 is 0 Å². The van der Waals surface area contributed by atoms with Crippen LogP contribution in [-0.4, -0.2) is 42.5 Å². The summed E-state index contributed by atoms with van der Waals surface area (Å²) in [4.78, 5) is 30.7. The number of nitrogens with zero attached hydrogens (tertiary/aromatic N) is 1. The average molecular weight is 512 g/mol. The minimum atomic E-state index is -0.217. The van der Waals surface area contributed by atoms with Gasteiger partial charge in [-0.05, 0) is 80.7 Å². The zero-order chi connectivity index (χ0) is 25.5. The van der Waals surface area contributed by atoms with Crippen molar-refractivity contribution >= 4 is 55.5 Å². The Morgan fingerprint density at radius 3 is 2.81 bits per heavy atom. The predicted molar refractivity (Wildman–Crippen MR) is 152 cm³/mol. The van der Waals surface area contributed by atoms with E-state index in [1.54, 1.807) is 0 Å². The normalized spacial score (nSPS) is 18.1. The van der Waals surface area contributed by atoms with Crippen molar-refractivity contribution in [3.63, 3.8) is 0 Å². The summed E-state index contributed by atoms with van der Waals surface area (Å²) in [6.45, 7) is 8.24. The topological polar surface area (TPSA) is 95.2 Å². The van der Waals surface area contributed by atoms with Gasteiger partial charge in [-0.15, -0.1) is 11.3 Å². The molecule has 1 atom stereocenters. The molecule has 0 saturated carbocycles. The van der Waals surface area contributed by atoms with Crippen molar-refractivity contribution < 1.29 is 9.59 Å². The summed E-state index contributed by atoms with van der Waals surface area (Å²) in [7, 11) is 0. The molecular weight excluding hydrogens is 482 g/mol. The maximum atomic E-state index is 12.7. The lowest BCUT2D eigenvalue weighted by atomic mass is 9.88. The number of carbonyl (C=O) groups is 2. The molecule has 2 aliphatic rings. The molecule has 6 rings (SSSR count). The highest BCUT2D eigenvalue weighted by molar-refractivity contribution is 7.21. The molecule has 0 radical (unpaired) electrons. The van der Waals surface area contributed by atoms with Crippen LogP contribution in [0.25, 0.3) is 32.2 Å². The van der Waals surface area contributed by atoms with E-state index in [9.17, 15) is 9.59 Å². The summed E-state index contributed by atoms with van der Waals surface area (Å²) in [5, 5.41) is 15.0. The molecule has 1 fully saturated rings. The standard InChI is InChI=1S/C29H29N5O2S/c1-3-25(35)34-23-14-18(4-5-19(23)17-10-12-30-13-11-17)21-7-6-20-22(33-21)8-9-24-26(20)27-28(37-24)29(36)32-16(2)15-31-27/h3-9,14,16-17,30-31H,1,10-13,15H2,2H3,(H,32,36)(H,34,35). The lowest BCUT2D eigenvalue weighted by molar-refractivity contribution is -0.111. The zero-order valence-corrected chi connectivity index (χ0v) is 21.5. The molecule has 2 aromatic heterocycles. The molecular formula is C29H29N5O2S. The summed E-state index contributed by atoms with van der Waals surface area (Å²) in [6.07, 6.45) is 3.38. The van der Waals surface area contributed by atoms with Crippen LogP contribution in [0, 0.1) is 0 Å². The molecule has 2 amide bonds. The Kier molecular flexibility index (Phi) is 6.14. The number of fused-ring (bicyclic) bond motifs is 5. The van der Waals surface area contributed by atoms with Crippen LogP contribution in [0.3, 0.4) is 0 Å². The Hall–Kier alpha value is -3.75. The molecule has 1 unspecified atom stereocenters. The number of piperidine rings is 1. The number of nitrogens with one attached hydrogen (secondary N) is 4. The summed E-state index contributed by atoms with van der Waals surface area (Å²) in [5.74, 6) is 0.147. The summed E-state index contributed by atoms with van der Waals surface area (Å²) < 4.78 is 1.06. The average Bonchev–Trinajstić information content (AvgIpc) is 3.24. The third kappa shape index (κ3) is 4.36. The van der Waals surface area contributed by atoms with Crippen molar-refractivity contribution in [3.05, 3.63) is 65.6 Å². The highest BCUT2D eigenvalue weighted by atomic mass is 32.1. The lowest BCUT2D eigenvalue weighted by Gasteiger charge is -2.25. The third-order valence-electron chi connectivity index (χ3n) is 7.26. The predicted octanol–water partition coefficient (Wildman–Crippen LogP) is 5.25. The van der Waals surface area contributed by atoms with Gasteiger partial charge in [0.25, 0.3) is 5.91 Å². The fourth-order valence-corrected chi connectivity index (χ4v) is 6.48. The van der Waals surface area contributed by atoms with E-state index in [2.05, 4.69) is 46.0 Å². The van der Waals surface area contributed by atoms with Gasteiger partial charge in [0, 0.05) is 39.3 Å². The summed E-state index contributed by atoms with van der Waals surface area (Å²) >= 11 is 1.51. The van der Waals surface area contributed by atoms with E-state index in [-0.39, 0.29) is 17.9 Å². The van der Waals surface area contributed by atoms with Gasteiger partial charge in [-0.25, -0.2) is 4.98 Å². The van der Waals surface area contributed by atoms with Crippen molar-refractivity contribution in [2.45, 2.75) is 31.7 Å². The molecule has 1 saturated heterocycles. The van der Waals surface area contributed by atoms with Crippen LogP contribution in [0.5, 0.6) is 0 Å². The SMILES string of the molecule is C=CC(=O)Nc1cc(-c2ccc3c(ccc4sc5c(c43)NCC(C)NC5=O)n2)ccc1C1CCNCC1. The number of rotatable bonds is 4. The van der Waals surface area contributed by atoms with Crippen LogP contribution in [0.15, 0.2) is 55.1 Å². The molecule has 4 heterocycles. The first-order valence-corrected chi connectivity index (χ1v) is 13.5. The number of hydrogen-bond donors (Lipinski definition) is 4. The smallest absolute Gasteiger partial charge is 0.263 e. The van der Waals surface area contributed by atoms with Gasteiger partial charge in [0.1, 0.15) is 4.88 Å². The first-order valence-electron chi connectivity index (χ1n) is 12.7. The van der Waals surface area contributed by atoms with Gasteiger partial charge in [-0.3, -0.25) is 9.59 Å². The van der Waals surface area contributed by atoms with Gasteiger partial charge in [0.2, 0.25) is 5.91 Å². The van der Waals surface area contributed by atoms with Crippen molar-refractivity contribution in [3.8, 4) is 11.3 Å². The van der Waals surface area contributed by atoms with Gasteiger partial charge >= 0.3 is 0 Å². The lowest BCUT2D eigenvalue weighted by Crippen LogP contribution is -2.34. The fourth-order valence-electron chi connectivity index (χ4n) is 5.38. The molecule has 0 aliphatic carbocycles. The molecule has 0 bridgehead atoms. The second-order valence-electron chi connectivity index (χ2n) is 9.78. The van der Waals surface area contributed by atoms with Gasteiger partial charge in [0.05, 0.1) is 16.9 Å². The molecule has 0 spiro atoms. The van der Waals surface area contributed by atoms with Crippen molar-refractivity contribution in [1.29, 1.82) is 0 Å². The van der Waals surface area contributed by atoms with Crippen molar-refractivity contribution in [2.75, 3.05) is 30.3 Å². The van der Waals surface area contributed by atoms with Crippen LogP contribution in [0.1, 0.15) is 40.9 Å². The molecule has 8 heteroatoms. The van der Waals surface area contributed by atoms with Gasteiger partial charge in [-0.2, -0.15) is 0 Å². The van der Waals surface area contributed by atoms with Crippen LogP contribution in [0.2, 0.25) is 0 Å². The number of thiophene rings is 1. The number of anilines is 2. The fraction of sp³-hybridized carbons (Fsp3) is 0.276. The van der Waals surface area contributed by atoms with Crippen LogP contribution < -0.4 is 21.3 Å². The van der Waals surface area contributed by atoms with E-state index in [1.807, 2.05) is 31.2 Å². The van der Waals surface area contributed by atoms with E-state index in [0.29, 0.717) is 17.3 Å². The molecule has 4 aromatic rings. The number of benzene rings is 2. The highest BCUT2D eigenvalue weighted by Gasteiger charge is 2.25. The first-order chi connectivity index (χ1) is 18.0. The van der Waals surface area contributed by atoms with E-state index in [4.69, 9.17) is 4.98 Å². The van der Waals surface area contributed by atoms with E-state index in [0.717, 1.165) is 75.1 Å². The molecule has 188 valence electrons. The Morgan fingerprint density at radius 2 is 2.00 bits per heavy atom. The Labute approximate surface area is 219 Å². The van der Waals surface area contributed by atoms with Crippen molar-refractivity contribution in [2.24, 2.45) is 0 Å². The minimum absolute atomic E-state index is 0.0330. The molecule has 2 aliphatic heterocycles.